The van der Waals surface area contributed by atoms with Crippen LogP contribution in [0.5, 0.6) is 5.75 Å². The van der Waals surface area contributed by atoms with E-state index >= 15 is 0 Å². The van der Waals surface area contributed by atoms with Gasteiger partial charge in [-0.05, 0) is 41.8 Å². The Morgan fingerprint density at radius 3 is 2.86 bits per heavy atom. The van der Waals surface area contributed by atoms with E-state index in [2.05, 4.69) is 20.8 Å². The molecular weight excluding hydrogens is 372 g/mol. The third kappa shape index (κ3) is 4.49. The molecule has 1 saturated heterocycles. The SMILES string of the molecule is C#CC(O)(c1ccc(OC)c(N2CCOCC2)c1)C1C=CC(OCN=[N+]=[N-])=CC1. The highest BCUT2D eigenvalue weighted by atomic mass is 16.5. The number of azide groups is 1. The van der Waals surface area contributed by atoms with Crippen molar-refractivity contribution in [2.75, 3.05) is 45.0 Å². The van der Waals surface area contributed by atoms with Crippen LogP contribution in [0.3, 0.4) is 0 Å². The normalized spacial score (nSPS) is 20.7. The summed E-state index contributed by atoms with van der Waals surface area (Å²) >= 11 is 0. The fraction of sp³-hybridized carbons (Fsp3) is 0.429. The summed E-state index contributed by atoms with van der Waals surface area (Å²) in [7, 11) is 1.62. The van der Waals surface area contributed by atoms with Crippen LogP contribution in [0.15, 0.2) is 47.3 Å². The van der Waals surface area contributed by atoms with E-state index in [4.69, 9.17) is 26.2 Å². The number of aliphatic hydroxyl groups is 1. The highest BCUT2D eigenvalue weighted by Gasteiger charge is 2.36. The van der Waals surface area contributed by atoms with Crippen LogP contribution in [0.4, 0.5) is 5.69 Å². The van der Waals surface area contributed by atoms with E-state index in [-0.39, 0.29) is 12.6 Å². The fourth-order valence-electron chi connectivity index (χ4n) is 3.53. The molecule has 2 atom stereocenters. The van der Waals surface area contributed by atoms with E-state index in [1.807, 2.05) is 24.3 Å². The Labute approximate surface area is 170 Å². The zero-order chi connectivity index (χ0) is 20.7. The summed E-state index contributed by atoms with van der Waals surface area (Å²) < 4.78 is 16.3. The summed E-state index contributed by atoms with van der Waals surface area (Å²) in [6.45, 7) is 2.68. The second kappa shape index (κ2) is 9.39. The molecule has 0 spiro atoms. The number of methoxy groups -OCH3 is 1. The smallest absolute Gasteiger partial charge is 0.167 e. The Morgan fingerprint density at radius 2 is 2.24 bits per heavy atom. The number of anilines is 1. The molecule has 1 aromatic rings. The average Bonchev–Trinajstić information content (AvgIpc) is 2.79. The number of terminal acetylenes is 1. The maximum absolute atomic E-state index is 11.4. The highest BCUT2D eigenvalue weighted by Crippen LogP contribution is 2.39. The van der Waals surface area contributed by atoms with E-state index in [0.717, 1.165) is 24.5 Å². The van der Waals surface area contributed by atoms with Gasteiger partial charge < -0.3 is 24.2 Å². The van der Waals surface area contributed by atoms with Gasteiger partial charge >= 0.3 is 0 Å². The maximum atomic E-state index is 11.4. The minimum atomic E-state index is -1.49. The molecule has 2 unspecified atom stereocenters. The van der Waals surface area contributed by atoms with Gasteiger partial charge in [-0.15, -0.1) is 6.42 Å². The number of rotatable bonds is 7. The zero-order valence-corrected chi connectivity index (χ0v) is 16.3. The average molecular weight is 396 g/mol. The number of morpholine rings is 1. The molecule has 8 nitrogen and oxygen atoms in total. The van der Waals surface area contributed by atoms with Crippen molar-refractivity contribution in [2.45, 2.75) is 12.0 Å². The van der Waals surface area contributed by atoms with Gasteiger partial charge in [0.15, 0.2) is 12.3 Å². The van der Waals surface area contributed by atoms with Gasteiger partial charge in [0.25, 0.3) is 0 Å². The lowest BCUT2D eigenvalue weighted by Crippen LogP contribution is -2.37. The molecule has 3 rings (SSSR count). The molecule has 1 fully saturated rings. The zero-order valence-electron chi connectivity index (χ0n) is 16.3. The van der Waals surface area contributed by atoms with E-state index in [9.17, 15) is 5.11 Å². The number of hydrogen-bond acceptors (Lipinski definition) is 6. The summed E-state index contributed by atoms with van der Waals surface area (Å²) in [6.07, 6.45) is 11.7. The van der Waals surface area contributed by atoms with Gasteiger partial charge in [-0.2, -0.15) is 0 Å². The Kier molecular flexibility index (Phi) is 6.68. The molecule has 2 aliphatic rings. The van der Waals surface area contributed by atoms with E-state index in [0.29, 0.717) is 31.0 Å². The second-order valence-electron chi connectivity index (χ2n) is 6.71. The van der Waals surface area contributed by atoms with Crippen molar-refractivity contribution in [3.05, 3.63) is 58.2 Å². The number of hydrogen-bond donors (Lipinski definition) is 1. The van der Waals surface area contributed by atoms with Gasteiger partial charge in [0.05, 0.1) is 26.0 Å². The van der Waals surface area contributed by atoms with Crippen LogP contribution in [0, 0.1) is 18.3 Å². The predicted octanol–water partition coefficient (Wildman–Crippen LogP) is 3.10. The first-order valence-electron chi connectivity index (χ1n) is 9.35. The number of benzene rings is 1. The van der Waals surface area contributed by atoms with Gasteiger partial charge in [-0.1, -0.05) is 23.2 Å². The topological polar surface area (TPSA) is 99.9 Å². The van der Waals surface area contributed by atoms with E-state index in [1.54, 1.807) is 19.3 Å². The summed E-state index contributed by atoms with van der Waals surface area (Å²) in [5.41, 5.74) is 8.35. The lowest BCUT2D eigenvalue weighted by Gasteiger charge is -2.34. The fourth-order valence-corrected chi connectivity index (χ4v) is 3.53. The molecule has 1 aliphatic carbocycles. The molecule has 0 saturated carbocycles. The minimum Gasteiger partial charge on any atom is -0.495 e. The van der Waals surface area contributed by atoms with Crippen LogP contribution in [-0.4, -0.2) is 45.3 Å². The van der Waals surface area contributed by atoms with Crippen LogP contribution < -0.4 is 9.64 Å². The molecule has 1 heterocycles. The Morgan fingerprint density at radius 1 is 1.45 bits per heavy atom. The first kappa shape index (κ1) is 20.6. The van der Waals surface area contributed by atoms with Crippen molar-refractivity contribution < 1.29 is 19.3 Å². The van der Waals surface area contributed by atoms with Gasteiger partial charge in [-0.25, -0.2) is 0 Å². The second-order valence-corrected chi connectivity index (χ2v) is 6.71. The third-order valence-electron chi connectivity index (χ3n) is 5.15. The molecule has 0 amide bonds. The van der Waals surface area contributed by atoms with Crippen LogP contribution in [0.2, 0.25) is 0 Å². The third-order valence-corrected chi connectivity index (χ3v) is 5.15. The molecule has 1 N–H and O–H groups in total. The molecule has 0 bridgehead atoms. The quantitative estimate of drug-likeness (QED) is 0.330. The van der Waals surface area contributed by atoms with Crippen molar-refractivity contribution >= 4 is 5.69 Å². The maximum Gasteiger partial charge on any atom is 0.167 e. The van der Waals surface area contributed by atoms with Crippen molar-refractivity contribution in [1.29, 1.82) is 0 Å². The molecule has 0 radical (unpaired) electrons. The van der Waals surface area contributed by atoms with Crippen molar-refractivity contribution in [3.63, 3.8) is 0 Å². The number of allylic oxidation sites excluding steroid dienone is 2. The molecule has 0 aromatic heterocycles. The molecule has 152 valence electrons. The monoisotopic (exact) mass is 396 g/mol. The lowest BCUT2D eigenvalue weighted by atomic mass is 9.78. The van der Waals surface area contributed by atoms with Gasteiger partial charge in [0, 0.05) is 23.9 Å². The van der Waals surface area contributed by atoms with E-state index in [1.165, 1.54) is 0 Å². The van der Waals surface area contributed by atoms with Crippen molar-refractivity contribution in [1.82, 2.24) is 0 Å². The Balaban J connectivity index is 1.84. The highest BCUT2D eigenvalue weighted by molar-refractivity contribution is 5.62. The van der Waals surface area contributed by atoms with Gasteiger partial charge in [0.1, 0.15) is 11.5 Å². The van der Waals surface area contributed by atoms with E-state index < -0.39 is 5.60 Å². The number of ether oxygens (including phenoxy) is 3. The van der Waals surface area contributed by atoms with Crippen molar-refractivity contribution in [2.24, 2.45) is 11.0 Å². The summed E-state index contributed by atoms with van der Waals surface area (Å²) in [4.78, 5) is 4.82. The summed E-state index contributed by atoms with van der Waals surface area (Å²) in [5.74, 6) is 3.56. The van der Waals surface area contributed by atoms with Crippen LogP contribution in [0.25, 0.3) is 10.4 Å². The molecule has 29 heavy (non-hydrogen) atoms. The summed E-state index contributed by atoms with van der Waals surface area (Å²) in [6, 6.07) is 5.53. The first-order chi connectivity index (χ1) is 14.1. The first-order valence-corrected chi connectivity index (χ1v) is 9.35. The Hall–Kier alpha value is -3.11. The van der Waals surface area contributed by atoms with Crippen LogP contribution in [0.1, 0.15) is 12.0 Å². The molecule has 1 aromatic carbocycles. The van der Waals surface area contributed by atoms with Crippen LogP contribution in [-0.2, 0) is 15.1 Å². The molecule has 1 aliphatic heterocycles. The largest absolute Gasteiger partial charge is 0.495 e. The van der Waals surface area contributed by atoms with Crippen LogP contribution >= 0.6 is 0 Å². The van der Waals surface area contributed by atoms with Crippen molar-refractivity contribution in [3.8, 4) is 18.1 Å². The van der Waals surface area contributed by atoms with Gasteiger partial charge in [0.2, 0.25) is 0 Å². The standard InChI is InChI=1S/C21H24N4O4/c1-3-21(26,16-4-7-18(8-5-16)29-15-23-24-22)17-6-9-20(27-2)19(14-17)25-10-12-28-13-11-25/h1,4,6-9,14,16,26H,5,10-13,15H2,2H3. The summed E-state index contributed by atoms with van der Waals surface area (Å²) in [5, 5.41) is 14.7. The molecular formula is C21H24N4O4. The minimum absolute atomic E-state index is 0.0852. The Bertz CT molecular complexity index is 879. The molecule has 8 heteroatoms. The lowest BCUT2D eigenvalue weighted by molar-refractivity contribution is 0.0544. The number of nitrogens with zero attached hydrogens (tertiary/aromatic N) is 4. The van der Waals surface area contributed by atoms with Gasteiger partial charge in [-0.3, -0.25) is 0 Å². The predicted molar refractivity (Wildman–Crippen MR) is 109 cm³/mol.